The third-order valence-electron chi connectivity index (χ3n) is 2.74. The first kappa shape index (κ1) is 14.1. The van der Waals surface area contributed by atoms with E-state index >= 15 is 0 Å². The molecule has 0 saturated carbocycles. The van der Waals surface area contributed by atoms with E-state index in [4.69, 9.17) is 4.74 Å². The van der Waals surface area contributed by atoms with Crippen LogP contribution in [0, 0.1) is 0 Å². The first-order chi connectivity index (χ1) is 9.31. The third kappa shape index (κ3) is 4.09. The lowest BCUT2D eigenvalue weighted by atomic mass is 10.2. The molecule has 1 fully saturated rings. The fraction of sp³-hybridized carbons (Fsp3) is 0.357. The summed E-state index contributed by atoms with van der Waals surface area (Å²) in [4.78, 5) is 13.2. The van der Waals surface area contributed by atoms with Crippen molar-refractivity contribution in [3.63, 3.8) is 0 Å². The number of carbonyl (C=O) groups is 1. The van der Waals surface area contributed by atoms with Gasteiger partial charge in [-0.1, -0.05) is 18.2 Å². The number of morpholine rings is 1. The SMILES string of the molecule is C=CCSc1ccccc1NC(=O)C1COCCN1. The molecule has 2 N–H and O–H groups in total. The monoisotopic (exact) mass is 278 g/mol. The Hall–Kier alpha value is -1.30. The highest BCUT2D eigenvalue weighted by Gasteiger charge is 2.21. The largest absolute Gasteiger partial charge is 0.378 e. The predicted octanol–water partition coefficient (Wildman–Crippen LogP) is 1.89. The molecule has 1 unspecified atom stereocenters. The summed E-state index contributed by atoms with van der Waals surface area (Å²) in [6.07, 6.45) is 1.85. The minimum absolute atomic E-state index is 0.0497. The Morgan fingerprint density at radius 3 is 3.16 bits per heavy atom. The van der Waals surface area contributed by atoms with Crippen LogP contribution in [0.2, 0.25) is 0 Å². The molecule has 19 heavy (non-hydrogen) atoms. The highest BCUT2D eigenvalue weighted by atomic mass is 32.2. The summed E-state index contributed by atoms with van der Waals surface area (Å²) >= 11 is 1.65. The van der Waals surface area contributed by atoms with Crippen LogP contribution in [-0.4, -0.2) is 37.5 Å². The van der Waals surface area contributed by atoms with Gasteiger partial charge in [-0.25, -0.2) is 0 Å². The van der Waals surface area contributed by atoms with Crippen LogP contribution >= 0.6 is 11.8 Å². The van der Waals surface area contributed by atoms with Crippen LogP contribution < -0.4 is 10.6 Å². The number of hydrogen-bond acceptors (Lipinski definition) is 4. The van der Waals surface area contributed by atoms with E-state index in [-0.39, 0.29) is 11.9 Å². The molecule has 1 heterocycles. The number of hydrogen-bond donors (Lipinski definition) is 2. The number of ether oxygens (including phenoxy) is 1. The molecule has 1 saturated heterocycles. The Bertz CT molecular complexity index is 445. The van der Waals surface area contributed by atoms with E-state index in [0.717, 1.165) is 16.3 Å². The van der Waals surface area contributed by atoms with Crippen LogP contribution in [0.1, 0.15) is 0 Å². The van der Waals surface area contributed by atoms with Gasteiger partial charge < -0.3 is 15.4 Å². The second-order valence-electron chi connectivity index (χ2n) is 4.17. The summed E-state index contributed by atoms with van der Waals surface area (Å²) in [6.45, 7) is 5.50. The maximum atomic E-state index is 12.1. The lowest BCUT2D eigenvalue weighted by molar-refractivity contribution is -0.120. The number of carbonyl (C=O) groups excluding carboxylic acids is 1. The highest BCUT2D eigenvalue weighted by molar-refractivity contribution is 7.99. The molecule has 1 aliphatic rings. The van der Waals surface area contributed by atoms with Gasteiger partial charge in [0.05, 0.1) is 18.9 Å². The molecule has 0 radical (unpaired) electrons. The first-order valence-corrected chi connectivity index (χ1v) is 7.24. The van der Waals surface area contributed by atoms with Crippen molar-refractivity contribution >= 4 is 23.4 Å². The maximum Gasteiger partial charge on any atom is 0.243 e. The Balaban J connectivity index is 2.00. The van der Waals surface area contributed by atoms with Gasteiger partial charge in [0.1, 0.15) is 6.04 Å². The van der Waals surface area contributed by atoms with Crippen molar-refractivity contribution in [3.05, 3.63) is 36.9 Å². The number of rotatable bonds is 5. The van der Waals surface area contributed by atoms with E-state index in [9.17, 15) is 4.79 Å². The standard InChI is InChI=1S/C14H18N2O2S/c1-2-9-19-13-6-4-3-5-11(13)16-14(17)12-10-18-8-7-15-12/h2-6,12,15H,1,7-10H2,(H,16,17). The van der Waals surface area contributed by atoms with Crippen molar-refractivity contribution in [1.82, 2.24) is 5.32 Å². The minimum atomic E-state index is -0.272. The van der Waals surface area contributed by atoms with Crippen molar-refractivity contribution < 1.29 is 9.53 Å². The second-order valence-corrected chi connectivity index (χ2v) is 5.23. The maximum absolute atomic E-state index is 12.1. The molecule has 1 atom stereocenters. The molecule has 1 amide bonds. The van der Waals surface area contributed by atoms with Gasteiger partial charge in [0.25, 0.3) is 0 Å². The Morgan fingerprint density at radius 2 is 2.42 bits per heavy atom. The lowest BCUT2D eigenvalue weighted by Gasteiger charge is -2.23. The molecule has 0 aromatic heterocycles. The number of benzene rings is 1. The van der Waals surface area contributed by atoms with Gasteiger partial charge in [-0.15, -0.1) is 18.3 Å². The average Bonchev–Trinajstić information content (AvgIpc) is 2.47. The summed E-state index contributed by atoms with van der Waals surface area (Å²) in [5.74, 6) is 0.767. The van der Waals surface area contributed by atoms with Crippen LogP contribution in [-0.2, 0) is 9.53 Å². The van der Waals surface area contributed by atoms with Gasteiger partial charge in [0.2, 0.25) is 5.91 Å². The van der Waals surface area contributed by atoms with E-state index in [2.05, 4.69) is 17.2 Å². The van der Waals surface area contributed by atoms with E-state index in [1.807, 2.05) is 30.3 Å². The summed E-state index contributed by atoms with van der Waals surface area (Å²) in [5.41, 5.74) is 0.840. The zero-order valence-electron chi connectivity index (χ0n) is 10.7. The molecule has 1 aromatic carbocycles. The van der Waals surface area contributed by atoms with Gasteiger partial charge in [-0.3, -0.25) is 4.79 Å². The molecule has 1 aliphatic heterocycles. The molecular weight excluding hydrogens is 260 g/mol. The topological polar surface area (TPSA) is 50.4 Å². The molecule has 0 spiro atoms. The molecule has 1 aromatic rings. The van der Waals surface area contributed by atoms with Gasteiger partial charge in [-0.05, 0) is 12.1 Å². The smallest absolute Gasteiger partial charge is 0.243 e. The summed E-state index contributed by atoms with van der Waals surface area (Å²) in [6, 6.07) is 7.51. The van der Waals surface area contributed by atoms with E-state index in [1.165, 1.54) is 0 Å². The van der Waals surface area contributed by atoms with Crippen LogP contribution in [0.5, 0.6) is 0 Å². The molecule has 0 aliphatic carbocycles. The zero-order valence-corrected chi connectivity index (χ0v) is 11.5. The van der Waals surface area contributed by atoms with Gasteiger partial charge in [0, 0.05) is 17.2 Å². The van der Waals surface area contributed by atoms with Gasteiger partial charge >= 0.3 is 0 Å². The fourth-order valence-corrected chi connectivity index (χ4v) is 2.54. The molecule has 2 rings (SSSR count). The quantitative estimate of drug-likeness (QED) is 0.638. The van der Waals surface area contributed by atoms with E-state index in [1.54, 1.807) is 11.8 Å². The van der Waals surface area contributed by atoms with Crippen molar-refractivity contribution in [2.24, 2.45) is 0 Å². The first-order valence-electron chi connectivity index (χ1n) is 6.26. The summed E-state index contributed by atoms with van der Waals surface area (Å²) in [5, 5.41) is 6.09. The summed E-state index contributed by atoms with van der Waals surface area (Å²) in [7, 11) is 0. The highest BCUT2D eigenvalue weighted by Crippen LogP contribution is 2.27. The number of para-hydroxylation sites is 1. The van der Waals surface area contributed by atoms with Crippen molar-refractivity contribution in [3.8, 4) is 0 Å². The Kier molecular flexibility index (Phi) is 5.44. The number of thioether (sulfide) groups is 1. The summed E-state index contributed by atoms with van der Waals surface area (Å²) < 4.78 is 5.29. The van der Waals surface area contributed by atoms with Crippen LogP contribution in [0.25, 0.3) is 0 Å². The Labute approximate surface area is 117 Å². The average molecular weight is 278 g/mol. The lowest BCUT2D eigenvalue weighted by Crippen LogP contribution is -2.48. The molecule has 5 heteroatoms. The van der Waals surface area contributed by atoms with E-state index < -0.39 is 0 Å². The molecule has 0 bridgehead atoms. The minimum Gasteiger partial charge on any atom is -0.378 e. The second kappa shape index (κ2) is 7.33. The number of anilines is 1. The predicted molar refractivity (Wildman–Crippen MR) is 78.6 cm³/mol. The zero-order chi connectivity index (χ0) is 13.5. The van der Waals surface area contributed by atoms with Crippen molar-refractivity contribution in [2.75, 3.05) is 30.8 Å². The number of nitrogens with one attached hydrogen (secondary N) is 2. The van der Waals surface area contributed by atoms with E-state index in [0.29, 0.717) is 19.8 Å². The van der Waals surface area contributed by atoms with Crippen molar-refractivity contribution in [1.29, 1.82) is 0 Å². The van der Waals surface area contributed by atoms with Crippen LogP contribution in [0.15, 0.2) is 41.8 Å². The third-order valence-corrected chi connectivity index (χ3v) is 3.81. The fourth-order valence-electron chi connectivity index (χ4n) is 1.80. The van der Waals surface area contributed by atoms with Gasteiger partial charge in [-0.2, -0.15) is 0 Å². The molecule has 102 valence electrons. The van der Waals surface area contributed by atoms with Crippen LogP contribution in [0.4, 0.5) is 5.69 Å². The molecule has 4 nitrogen and oxygen atoms in total. The normalized spacial score (nSPS) is 18.8. The van der Waals surface area contributed by atoms with Crippen molar-refractivity contribution in [2.45, 2.75) is 10.9 Å². The van der Waals surface area contributed by atoms with Gasteiger partial charge in [0.15, 0.2) is 0 Å². The Morgan fingerprint density at radius 1 is 1.58 bits per heavy atom. The number of amides is 1. The van der Waals surface area contributed by atoms with Crippen LogP contribution in [0.3, 0.4) is 0 Å². The molecular formula is C14H18N2O2S.